The van der Waals surface area contributed by atoms with Crippen molar-refractivity contribution in [1.29, 1.82) is 0 Å². The van der Waals surface area contributed by atoms with E-state index in [1.165, 1.54) is 24.3 Å². The van der Waals surface area contributed by atoms with Crippen LogP contribution in [0.4, 0.5) is 0 Å². The lowest BCUT2D eigenvalue weighted by molar-refractivity contribution is -0.0918. The van der Waals surface area contributed by atoms with Gasteiger partial charge in [0.2, 0.25) is 0 Å². The van der Waals surface area contributed by atoms with Gasteiger partial charge in [0.25, 0.3) is 0 Å². The Morgan fingerprint density at radius 1 is 1.05 bits per heavy atom. The lowest BCUT2D eigenvalue weighted by atomic mass is 10.00. The zero-order valence-corrected chi connectivity index (χ0v) is 10.6. The number of rotatable bonds is 5. The molecule has 2 aromatic rings. The number of carbonyl (C=O) groups is 1. The summed E-state index contributed by atoms with van der Waals surface area (Å²) >= 11 is 4.94. The molecule has 0 spiro atoms. The molecular formula is C14H11ClO4. The first-order valence-corrected chi connectivity index (χ1v) is 5.86. The van der Waals surface area contributed by atoms with Gasteiger partial charge in [-0.15, -0.1) is 0 Å². The van der Waals surface area contributed by atoms with E-state index in [1.54, 1.807) is 24.3 Å². The molecule has 2 aromatic carbocycles. The van der Waals surface area contributed by atoms with Crippen molar-refractivity contribution in [2.45, 2.75) is 6.10 Å². The van der Waals surface area contributed by atoms with Crippen LogP contribution in [0.5, 0.6) is 5.75 Å². The normalized spacial score (nSPS) is 11.9. The number of aliphatic hydroxyl groups excluding tert-OH is 1. The molecule has 0 aliphatic rings. The molecule has 98 valence electrons. The summed E-state index contributed by atoms with van der Waals surface area (Å²) in [4.78, 5) is 16.6. The predicted molar refractivity (Wildman–Crippen MR) is 69.7 cm³/mol. The minimum atomic E-state index is -1.18. The summed E-state index contributed by atoms with van der Waals surface area (Å²) in [6.45, 7) is 0. The molecule has 4 nitrogen and oxygen atoms in total. The molecule has 5 heteroatoms. The van der Waals surface area contributed by atoms with E-state index in [9.17, 15) is 9.90 Å². The molecule has 1 unspecified atom stereocenters. The van der Waals surface area contributed by atoms with Crippen molar-refractivity contribution in [3.63, 3.8) is 0 Å². The van der Waals surface area contributed by atoms with Crippen LogP contribution in [-0.2, 0) is 4.44 Å². The lowest BCUT2D eigenvalue weighted by Crippen LogP contribution is -2.12. The van der Waals surface area contributed by atoms with Crippen LogP contribution in [0.1, 0.15) is 22.0 Å². The van der Waals surface area contributed by atoms with E-state index in [2.05, 4.69) is 9.33 Å². The number of carbonyl (C=O) groups excluding carboxylic acids is 1. The van der Waals surface area contributed by atoms with Crippen molar-refractivity contribution in [1.82, 2.24) is 0 Å². The number of halogens is 1. The molecule has 0 fully saturated rings. The van der Waals surface area contributed by atoms with Gasteiger partial charge in [0.05, 0.1) is 0 Å². The Kier molecular flexibility index (Phi) is 4.52. The molecule has 0 saturated heterocycles. The van der Waals surface area contributed by atoms with Gasteiger partial charge in [-0.25, -0.2) is 0 Å². The highest BCUT2D eigenvalue weighted by Gasteiger charge is 2.18. The van der Waals surface area contributed by atoms with Crippen molar-refractivity contribution in [3.8, 4) is 5.75 Å². The van der Waals surface area contributed by atoms with Gasteiger partial charge in [0.1, 0.15) is 18.0 Å². The first-order valence-electron chi connectivity index (χ1n) is 5.55. The van der Waals surface area contributed by atoms with Gasteiger partial charge >= 0.3 is 0 Å². The maximum Gasteiger partial charge on any atom is 0.195 e. The molecule has 0 heterocycles. The Balaban J connectivity index is 2.15. The molecule has 0 amide bonds. The highest BCUT2D eigenvalue weighted by molar-refractivity contribution is 6.06. The quantitative estimate of drug-likeness (QED) is 0.519. The number of hydrogen-bond donors (Lipinski definition) is 1. The zero-order valence-electron chi connectivity index (χ0n) is 9.82. The van der Waals surface area contributed by atoms with Gasteiger partial charge in [0.15, 0.2) is 11.5 Å². The van der Waals surface area contributed by atoms with Crippen LogP contribution in [0.25, 0.3) is 0 Å². The third kappa shape index (κ3) is 3.32. The van der Waals surface area contributed by atoms with E-state index < -0.39 is 6.10 Å². The monoisotopic (exact) mass is 278 g/mol. The van der Waals surface area contributed by atoms with Gasteiger partial charge < -0.3 is 9.99 Å². The zero-order chi connectivity index (χ0) is 13.7. The molecular weight excluding hydrogens is 268 g/mol. The molecule has 0 aromatic heterocycles. The summed E-state index contributed by atoms with van der Waals surface area (Å²) < 4.78 is 3.98. The van der Waals surface area contributed by atoms with E-state index in [1.807, 2.05) is 6.07 Å². The fourth-order valence-electron chi connectivity index (χ4n) is 1.66. The predicted octanol–water partition coefficient (Wildman–Crippen LogP) is 3.07. The SMILES string of the molecule is O=C(c1ccc(OOCl)cc1)C(O)c1ccccc1. The summed E-state index contributed by atoms with van der Waals surface area (Å²) in [7, 11) is 0. The second-order valence-electron chi connectivity index (χ2n) is 3.85. The van der Waals surface area contributed by atoms with Crippen molar-refractivity contribution in [2.75, 3.05) is 0 Å². The first kappa shape index (κ1) is 13.5. The largest absolute Gasteiger partial charge is 0.380 e. The molecule has 0 saturated carbocycles. The number of ketones is 1. The fraction of sp³-hybridized carbons (Fsp3) is 0.0714. The van der Waals surface area contributed by atoms with Crippen LogP contribution in [0, 0.1) is 0 Å². The Bertz CT molecular complexity index is 539. The average Bonchev–Trinajstić information content (AvgIpc) is 2.48. The smallest absolute Gasteiger partial charge is 0.195 e. The Morgan fingerprint density at radius 2 is 1.68 bits per heavy atom. The standard InChI is InChI=1S/C14H11ClO4/c15-19-18-12-8-6-11(7-9-12)14(17)13(16)10-4-2-1-3-5-10/h1-9,13,16H. The van der Waals surface area contributed by atoms with Crippen molar-refractivity contribution >= 4 is 17.6 Å². The van der Waals surface area contributed by atoms with Gasteiger partial charge in [0, 0.05) is 5.56 Å². The van der Waals surface area contributed by atoms with E-state index in [0.29, 0.717) is 16.9 Å². The summed E-state index contributed by atoms with van der Waals surface area (Å²) in [5.41, 5.74) is 0.926. The summed E-state index contributed by atoms with van der Waals surface area (Å²) in [6, 6.07) is 14.8. The number of hydrogen-bond acceptors (Lipinski definition) is 4. The average molecular weight is 279 g/mol. The van der Waals surface area contributed by atoms with E-state index in [0.717, 1.165) is 0 Å². The van der Waals surface area contributed by atoms with Crippen molar-refractivity contribution in [2.24, 2.45) is 0 Å². The van der Waals surface area contributed by atoms with Crippen LogP contribution < -0.4 is 4.89 Å². The van der Waals surface area contributed by atoms with Gasteiger partial charge in [-0.05, 0) is 29.8 Å². The highest BCUT2D eigenvalue weighted by Crippen LogP contribution is 2.20. The van der Waals surface area contributed by atoms with Crippen LogP contribution in [0.15, 0.2) is 54.6 Å². The molecule has 1 N–H and O–H groups in total. The molecule has 2 rings (SSSR count). The fourth-order valence-corrected chi connectivity index (χ4v) is 1.73. The Hall–Kier alpha value is -1.88. The third-order valence-corrected chi connectivity index (χ3v) is 2.69. The van der Waals surface area contributed by atoms with Crippen molar-refractivity contribution in [3.05, 3.63) is 65.7 Å². The van der Waals surface area contributed by atoms with Crippen molar-refractivity contribution < 1.29 is 19.2 Å². The molecule has 0 radical (unpaired) electrons. The minimum absolute atomic E-state index is 0.362. The molecule has 1 atom stereocenters. The maximum atomic E-state index is 12.1. The molecule has 0 bridgehead atoms. The van der Waals surface area contributed by atoms with E-state index in [-0.39, 0.29) is 5.78 Å². The van der Waals surface area contributed by atoms with Crippen LogP contribution >= 0.6 is 11.9 Å². The Labute approximate surface area is 115 Å². The number of Topliss-reactive ketones (excluding diaryl/α,β-unsaturated/α-hetero) is 1. The third-order valence-electron chi connectivity index (χ3n) is 2.63. The highest BCUT2D eigenvalue weighted by atomic mass is 35.5. The number of aliphatic hydroxyl groups is 1. The lowest BCUT2D eigenvalue weighted by Gasteiger charge is -2.10. The van der Waals surface area contributed by atoms with Gasteiger partial charge in [-0.2, -0.15) is 0 Å². The van der Waals surface area contributed by atoms with Gasteiger partial charge in [-0.1, -0.05) is 34.8 Å². The van der Waals surface area contributed by atoms with Crippen LogP contribution in [-0.4, -0.2) is 10.9 Å². The molecule has 0 aliphatic heterocycles. The van der Waals surface area contributed by atoms with E-state index >= 15 is 0 Å². The molecule has 19 heavy (non-hydrogen) atoms. The number of benzene rings is 2. The topological polar surface area (TPSA) is 55.8 Å². The van der Waals surface area contributed by atoms with E-state index in [4.69, 9.17) is 11.9 Å². The summed E-state index contributed by atoms with van der Waals surface area (Å²) in [5, 5.41) is 9.99. The first-order chi connectivity index (χ1) is 9.22. The maximum absolute atomic E-state index is 12.1. The minimum Gasteiger partial charge on any atom is -0.380 e. The van der Waals surface area contributed by atoms with Gasteiger partial charge in [-0.3, -0.25) is 4.79 Å². The second kappa shape index (κ2) is 6.33. The summed E-state index contributed by atoms with van der Waals surface area (Å²) in [5.74, 6) is -0.0229. The summed E-state index contributed by atoms with van der Waals surface area (Å²) in [6.07, 6.45) is -1.18. The molecule has 0 aliphatic carbocycles. The Morgan fingerprint density at radius 3 is 2.26 bits per heavy atom. The van der Waals surface area contributed by atoms with Crippen LogP contribution in [0.2, 0.25) is 0 Å². The van der Waals surface area contributed by atoms with Crippen LogP contribution in [0.3, 0.4) is 0 Å². The second-order valence-corrected chi connectivity index (χ2v) is 3.97.